The fraction of sp³-hybridized carbons (Fsp3) is 0. The van der Waals surface area contributed by atoms with Gasteiger partial charge in [0, 0.05) is 0 Å². The van der Waals surface area contributed by atoms with Crippen LogP contribution in [0.1, 0.15) is 0 Å². The minimum Gasteiger partial charge on any atom is -0.724 e. The molecule has 13 heavy (non-hydrogen) atoms. The van der Waals surface area contributed by atoms with Crippen LogP contribution in [0.25, 0.3) is 0 Å². The quantitative estimate of drug-likeness (QED) is 0.0954. The van der Waals surface area contributed by atoms with Gasteiger partial charge in [0.05, 0.1) is 0 Å². The van der Waals surface area contributed by atoms with Gasteiger partial charge in [-0.2, -0.15) is 8.57 Å². The Morgan fingerprint density at radius 2 is 1.85 bits per heavy atom. The zero-order valence-electron chi connectivity index (χ0n) is 6.58. The van der Waals surface area contributed by atoms with Gasteiger partial charge < -0.3 is 9.81 Å². The third kappa shape index (κ3) is 21.2. The monoisotopic (exact) mass is 285 g/mol. The zero-order chi connectivity index (χ0) is 8.74. The molecule has 0 aliphatic rings. The van der Waals surface area contributed by atoms with Crippen LogP contribution in [0, 0.1) is 0 Å². The summed E-state index contributed by atoms with van der Waals surface area (Å²) in [5.74, 6) is 0. The molecule has 0 saturated carbocycles. The summed E-state index contributed by atoms with van der Waals surface area (Å²) in [5.41, 5.74) is 1.18. The normalized spacial score (nSPS) is 10.0. The summed E-state index contributed by atoms with van der Waals surface area (Å²) in [4.78, 5) is 0. The summed E-state index contributed by atoms with van der Waals surface area (Å²) in [6, 6.07) is 0. The standard InChI is InChI=1S/2K.H3NO8S2/c;;2-8-9-10-6-1-7-11(3,4)5/h;;1-2H,(H,3,4,5)/q2*+1;/p-2. The molecule has 0 aromatic heterocycles. The number of hydrogen-bond acceptors (Lipinski definition) is 10. The number of nitrogens with one attached hydrogen (secondary N) is 1. The van der Waals surface area contributed by atoms with Crippen LogP contribution in [0.5, 0.6) is 0 Å². The van der Waals surface area contributed by atoms with E-state index in [1.807, 2.05) is 0 Å². The van der Waals surface area contributed by atoms with Crippen LogP contribution in [-0.2, 0) is 28.3 Å². The van der Waals surface area contributed by atoms with Crippen molar-refractivity contribution in [3.05, 3.63) is 0 Å². The van der Waals surface area contributed by atoms with E-state index in [0.29, 0.717) is 0 Å². The van der Waals surface area contributed by atoms with E-state index in [9.17, 15) is 13.0 Å². The van der Waals surface area contributed by atoms with E-state index in [4.69, 9.17) is 5.26 Å². The van der Waals surface area contributed by atoms with Crippen LogP contribution in [-0.4, -0.2) is 13.0 Å². The molecule has 68 valence electrons. The third-order valence-electron chi connectivity index (χ3n) is 0.260. The number of hydrogen-bond donors (Lipinski definition) is 1. The SMILES string of the molecule is O=S(=O)([O-])ONOSOO[O-].[K+].[K+]. The van der Waals surface area contributed by atoms with Crippen LogP contribution >= 0.6 is 12.3 Å². The Morgan fingerprint density at radius 1 is 1.31 bits per heavy atom. The minimum atomic E-state index is -4.89. The summed E-state index contributed by atoms with van der Waals surface area (Å²) < 4.78 is 39.3. The van der Waals surface area contributed by atoms with Crippen LogP contribution in [0.3, 0.4) is 0 Å². The van der Waals surface area contributed by atoms with Crippen LogP contribution in [0.4, 0.5) is 0 Å². The summed E-state index contributed by atoms with van der Waals surface area (Å²) in [6.45, 7) is 0. The van der Waals surface area contributed by atoms with E-state index in [1.165, 1.54) is 5.64 Å². The Kier molecular flexibility index (Phi) is 22.2. The van der Waals surface area contributed by atoms with Crippen LogP contribution < -0.4 is 114 Å². The molecular formula is HK2NO8S2. The predicted octanol–water partition coefficient (Wildman–Crippen LogP) is -8.31. The maximum Gasteiger partial charge on any atom is 1.00 e. The van der Waals surface area contributed by atoms with Gasteiger partial charge in [-0.05, 0) is 5.64 Å². The first-order valence-electron chi connectivity index (χ1n) is 1.74. The van der Waals surface area contributed by atoms with Crippen LogP contribution in [0.2, 0.25) is 0 Å². The molecule has 0 unspecified atom stereocenters. The Morgan fingerprint density at radius 3 is 2.23 bits per heavy atom. The topological polar surface area (TPSA) is 129 Å². The molecule has 13 heteroatoms. The largest absolute Gasteiger partial charge is 1.00 e. The summed E-state index contributed by atoms with van der Waals surface area (Å²) in [5, 5.41) is 11.8. The first-order chi connectivity index (χ1) is 5.06. The van der Waals surface area contributed by atoms with Crippen molar-refractivity contribution in [2.45, 2.75) is 0 Å². The van der Waals surface area contributed by atoms with Crippen molar-refractivity contribution in [1.29, 1.82) is 0 Å². The summed E-state index contributed by atoms with van der Waals surface area (Å²) >= 11 is -0.0802. The Labute approximate surface area is 163 Å². The molecule has 0 radical (unpaired) electrons. The first-order valence-corrected chi connectivity index (χ1v) is 3.74. The molecule has 0 heterocycles. The van der Waals surface area contributed by atoms with Gasteiger partial charge >= 0.3 is 103 Å². The minimum absolute atomic E-state index is 0. The molecule has 0 aliphatic carbocycles. The maximum absolute atomic E-state index is 9.60. The molecule has 0 atom stereocenters. The second kappa shape index (κ2) is 13.4. The molecule has 0 amide bonds. The van der Waals surface area contributed by atoms with Crippen molar-refractivity contribution in [2.24, 2.45) is 0 Å². The van der Waals surface area contributed by atoms with Gasteiger partial charge in [0.2, 0.25) is 22.7 Å². The molecule has 0 rings (SSSR count). The maximum atomic E-state index is 9.60. The third-order valence-corrected chi connectivity index (χ3v) is 0.779. The van der Waals surface area contributed by atoms with Crippen molar-refractivity contribution in [3.63, 3.8) is 0 Å². The molecule has 0 saturated heterocycles. The Hall–Kier alpha value is 3.29. The van der Waals surface area contributed by atoms with Crippen molar-refractivity contribution in [2.75, 3.05) is 0 Å². The smallest absolute Gasteiger partial charge is 0.724 e. The first kappa shape index (κ1) is 21.6. The van der Waals surface area contributed by atoms with E-state index in [-0.39, 0.29) is 115 Å². The molecule has 9 nitrogen and oxygen atoms in total. The fourth-order valence-corrected chi connectivity index (χ4v) is 0.367. The zero-order valence-corrected chi connectivity index (χ0v) is 14.5. The molecule has 0 fully saturated rings. The molecular weight excluding hydrogens is 284 g/mol. The second-order valence-corrected chi connectivity index (χ2v) is 2.28. The molecule has 0 bridgehead atoms. The van der Waals surface area contributed by atoms with Gasteiger partial charge in [-0.1, -0.05) is 0 Å². The van der Waals surface area contributed by atoms with Gasteiger partial charge in [0.15, 0.2) is 0 Å². The average molecular weight is 285 g/mol. The van der Waals surface area contributed by atoms with E-state index in [1.54, 1.807) is 0 Å². The fourth-order valence-electron chi connectivity index (χ4n) is 0.0947. The summed E-state index contributed by atoms with van der Waals surface area (Å²) in [6.07, 6.45) is 0. The average Bonchev–Trinajstić information content (AvgIpc) is 1.85. The molecule has 0 aromatic carbocycles. The molecule has 1 N–H and O–H groups in total. The summed E-state index contributed by atoms with van der Waals surface area (Å²) in [7, 11) is -4.89. The van der Waals surface area contributed by atoms with Crippen molar-refractivity contribution in [3.8, 4) is 0 Å². The Bertz CT molecular complexity index is 179. The number of rotatable bonds is 6. The van der Waals surface area contributed by atoms with Gasteiger partial charge in [-0.15, -0.1) is 4.33 Å². The van der Waals surface area contributed by atoms with E-state index in [0.717, 1.165) is 0 Å². The van der Waals surface area contributed by atoms with Crippen molar-refractivity contribution < 1.29 is 139 Å². The van der Waals surface area contributed by atoms with Crippen molar-refractivity contribution >= 4 is 22.7 Å². The Balaban J connectivity index is -0.000000500. The van der Waals surface area contributed by atoms with E-state index >= 15 is 0 Å². The van der Waals surface area contributed by atoms with Gasteiger partial charge in [0.25, 0.3) is 0 Å². The predicted molar refractivity (Wildman–Crippen MR) is 24.8 cm³/mol. The molecule has 0 aromatic rings. The van der Waals surface area contributed by atoms with Gasteiger partial charge in [-0.25, -0.2) is 8.42 Å². The van der Waals surface area contributed by atoms with E-state index in [2.05, 4.69) is 17.9 Å². The molecule has 0 aliphatic heterocycles. The second-order valence-electron chi connectivity index (χ2n) is 0.862. The van der Waals surface area contributed by atoms with Gasteiger partial charge in [-0.3, -0.25) is 5.04 Å². The van der Waals surface area contributed by atoms with Crippen LogP contribution in [0.15, 0.2) is 0 Å². The van der Waals surface area contributed by atoms with Crippen molar-refractivity contribution in [1.82, 2.24) is 5.64 Å². The van der Waals surface area contributed by atoms with E-state index < -0.39 is 10.4 Å². The molecule has 0 spiro atoms. The van der Waals surface area contributed by atoms with Gasteiger partial charge in [0.1, 0.15) is 0 Å².